The number of nitrogens with zero attached hydrogens (tertiary/aromatic N) is 4. The summed E-state index contributed by atoms with van der Waals surface area (Å²) < 4.78 is 16.9. The minimum Gasteiger partial charge on any atom is -0.493 e. The van der Waals surface area contributed by atoms with Crippen LogP contribution in [0.15, 0.2) is 18.5 Å². The van der Waals surface area contributed by atoms with Crippen molar-refractivity contribution < 1.29 is 19.0 Å². The van der Waals surface area contributed by atoms with Gasteiger partial charge in [0.15, 0.2) is 11.5 Å². The number of hydrogen-bond acceptors (Lipinski definition) is 7. The van der Waals surface area contributed by atoms with Crippen molar-refractivity contribution in [1.82, 2.24) is 14.9 Å². The lowest BCUT2D eigenvalue weighted by Gasteiger charge is -2.36. The Hall–Kier alpha value is -2.77. The molecule has 158 valence electrons. The average Bonchev–Trinajstić information content (AvgIpc) is 2.65. The van der Waals surface area contributed by atoms with Crippen molar-refractivity contribution in [2.75, 3.05) is 38.2 Å². The molecule has 1 aliphatic rings. The van der Waals surface area contributed by atoms with Gasteiger partial charge in [-0.2, -0.15) is 0 Å². The van der Waals surface area contributed by atoms with Crippen LogP contribution in [-0.2, 0) is 4.74 Å². The van der Waals surface area contributed by atoms with E-state index in [2.05, 4.69) is 14.9 Å². The van der Waals surface area contributed by atoms with E-state index in [4.69, 9.17) is 14.2 Å². The molecule has 8 nitrogen and oxygen atoms in total. The van der Waals surface area contributed by atoms with Gasteiger partial charge in [0, 0.05) is 37.6 Å². The normalized spacial score (nSPS) is 15.0. The summed E-state index contributed by atoms with van der Waals surface area (Å²) >= 11 is 0. The molecule has 0 N–H and O–H groups in total. The van der Waals surface area contributed by atoms with Crippen molar-refractivity contribution in [1.29, 1.82) is 0 Å². The van der Waals surface area contributed by atoms with Gasteiger partial charge in [-0.15, -0.1) is 0 Å². The molecule has 1 amide bonds. The third-order valence-corrected chi connectivity index (χ3v) is 4.49. The smallest absolute Gasteiger partial charge is 0.410 e. The van der Waals surface area contributed by atoms with E-state index in [9.17, 15) is 4.79 Å². The first-order chi connectivity index (χ1) is 13.7. The molecule has 0 atom stereocenters. The van der Waals surface area contributed by atoms with E-state index < -0.39 is 5.60 Å². The molecule has 8 heteroatoms. The molecule has 0 saturated carbocycles. The van der Waals surface area contributed by atoms with Crippen molar-refractivity contribution in [2.24, 2.45) is 0 Å². The largest absolute Gasteiger partial charge is 0.493 e. The van der Waals surface area contributed by atoms with Crippen LogP contribution < -0.4 is 14.4 Å². The fourth-order valence-corrected chi connectivity index (χ4v) is 3.24. The highest BCUT2D eigenvalue weighted by molar-refractivity contribution is 5.92. The molecule has 1 aromatic heterocycles. The summed E-state index contributed by atoms with van der Waals surface area (Å²) in [6, 6.07) is 3.80. The first kappa shape index (κ1) is 21.0. The number of benzene rings is 1. The van der Waals surface area contributed by atoms with Crippen molar-refractivity contribution in [3.8, 4) is 11.5 Å². The van der Waals surface area contributed by atoms with Crippen LogP contribution >= 0.6 is 0 Å². The zero-order valence-corrected chi connectivity index (χ0v) is 18.1. The van der Waals surface area contributed by atoms with Crippen LogP contribution in [0.2, 0.25) is 0 Å². The second-order valence-corrected chi connectivity index (χ2v) is 8.34. The van der Waals surface area contributed by atoms with E-state index in [1.165, 1.54) is 0 Å². The summed E-state index contributed by atoms with van der Waals surface area (Å²) in [6.07, 6.45) is 1.31. The van der Waals surface area contributed by atoms with Crippen LogP contribution in [0.3, 0.4) is 0 Å². The molecule has 1 fully saturated rings. The van der Waals surface area contributed by atoms with Gasteiger partial charge in [0.2, 0.25) is 0 Å². The van der Waals surface area contributed by atoms with Crippen molar-refractivity contribution in [3.05, 3.63) is 18.5 Å². The van der Waals surface area contributed by atoms with Gasteiger partial charge in [0.05, 0.1) is 18.7 Å². The average molecular weight is 402 g/mol. The zero-order chi connectivity index (χ0) is 21.2. The summed E-state index contributed by atoms with van der Waals surface area (Å²) in [6.45, 7) is 12.0. The predicted octanol–water partition coefficient (Wildman–Crippen LogP) is 3.48. The summed E-state index contributed by atoms with van der Waals surface area (Å²) in [7, 11) is 1.62. The Morgan fingerprint density at radius 3 is 2.34 bits per heavy atom. The Kier molecular flexibility index (Phi) is 6.00. The number of ether oxygens (including phenoxy) is 3. The Labute approximate surface area is 171 Å². The second-order valence-electron chi connectivity index (χ2n) is 8.34. The van der Waals surface area contributed by atoms with Crippen LogP contribution in [0.25, 0.3) is 10.9 Å². The minimum atomic E-state index is -0.497. The molecular formula is C21H30N4O4. The molecule has 1 aliphatic heterocycles. The summed E-state index contributed by atoms with van der Waals surface area (Å²) in [5.41, 5.74) is 0.296. The number of methoxy groups -OCH3 is 1. The fourth-order valence-electron chi connectivity index (χ4n) is 3.24. The number of amides is 1. The second kappa shape index (κ2) is 8.31. The molecule has 0 bridgehead atoms. The van der Waals surface area contributed by atoms with Gasteiger partial charge < -0.3 is 24.0 Å². The van der Waals surface area contributed by atoms with Crippen LogP contribution in [0, 0.1) is 0 Å². The third-order valence-electron chi connectivity index (χ3n) is 4.49. The molecule has 0 unspecified atom stereocenters. The summed E-state index contributed by atoms with van der Waals surface area (Å²) in [4.78, 5) is 25.1. The number of anilines is 1. The lowest BCUT2D eigenvalue weighted by molar-refractivity contribution is 0.0240. The van der Waals surface area contributed by atoms with Crippen LogP contribution in [-0.4, -0.2) is 66.0 Å². The highest BCUT2D eigenvalue weighted by Crippen LogP contribution is 2.35. The summed E-state index contributed by atoms with van der Waals surface area (Å²) in [5.74, 6) is 2.14. The number of rotatable bonds is 4. The SMILES string of the molecule is COc1cc2c(N3CCN(C(=O)OC(C)(C)C)CC3)ncnc2cc1OC(C)C. The van der Waals surface area contributed by atoms with Gasteiger partial charge in [-0.05, 0) is 40.7 Å². The number of carbonyl (C=O) groups excluding carboxylic acids is 1. The molecular weight excluding hydrogens is 372 g/mol. The Morgan fingerprint density at radius 1 is 1.07 bits per heavy atom. The van der Waals surface area contributed by atoms with Gasteiger partial charge in [-0.1, -0.05) is 0 Å². The number of fused-ring (bicyclic) bond motifs is 1. The van der Waals surface area contributed by atoms with E-state index in [0.717, 1.165) is 16.7 Å². The Morgan fingerprint density at radius 2 is 1.76 bits per heavy atom. The van der Waals surface area contributed by atoms with E-state index >= 15 is 0 Å². The molecule has 0 radical (unpaired) electrons. The fraction of sp³-hybridized carbons (Fsp3) is 0.571. The Bertz CT molecular complexity index is 871. The van der Waals surface area contributed by atoms with Gasteiger partial charge in [-0.25, -0.2) is 14.8 Å². The standard InChI is InChI=1S/C21H30N4O4/c1-14(2)28-18-12-16-15(11-17(18)27-6)19(23-13-22-16)24-7-9-25(10-8-24)20(26)29-21(3,4)5/h11-14H,7-10H2,1-6H3. The van der Waals surface area contributed by atoms with Gasteiger partial charge in [0.1, 0.15) is 17.7 Å². The van der Waals surface area contributed by atoms with Crippen molar-refractivity contribution in [2.45, 2.75) is 46.3 Å². The number of hydrogen-bond donors (Lipinski definition) is 0. The van der Waals surface area contributed by atoms with E-state index in [0.29, 0.717) is 37.7 Å². The van der Waals surface area contributed by atoms with Crippen LogP contribution in [0.4, 0.5) is 10.6 Å². The maximum Gasteiger partial charge on any atom is 0.410 e. The molecule has 1 aromatic carbocycles. The highest BCUT2D eigenvalue weighted by Gasteiger charge is 2.27. The van der Waals surface area contributed by atoms with E-state index in [1.807, 2.05) is 46.8 Å². The quantitative estimate of drug-likeness (QED) is 0.775. The van der Waals surface area contributed by atoms with Gasteiger partial charge >= 0.3 is 6.09 Å². The molecule has 0 spiro atoms. The first-order valence-electron chi connectivity index (χ1n) is 9.90. The van der Waals surface area contributed by atoms with Gasteiger partial charge in [0.25, 0.3) is 0 Å². The van der Waals surface area contributed by atoms with Gasteiger partial charge in [-0.3, -0.25) is 0 Å². The monoisotopic (exact) mass is 402 g/mol. The minimum absolute atomic E-state index is 0.0311. The molecule has 3 rings (SSSR count). The Balaban J connectivity index is 1.81. The van der Waals surface area contributed by atoms with E-state index in [-0.39, 0.29) is 12.2 Å². The molecule has 2 heterocycles. The van der Waals surface area contributed by atoms with Crippen LogP contribution in [0.1, 0.15) is 34.6 Å². The highest BCUT2D eigenvalue weighted by atomic mass is 16.6. The number of carbonyl (C=O) groups is 1. The summed E-state index contributed by atoms with van der Waals surface area (Å²) in [5, 5.41) is 0.895. The maximum absolute atomic E-state index is 12.3. The molecule has 2 aromatic rings. The van der Waals surface area contributed by atoms with Crippen molar-refractivity contribution in [3.63, 3.8) is 0 Å². The lowest BCUT2D eigenvalue weighted by atomic mass is 10.2. The first-order valence-corrected chi connectivity index (χ1v) is 9.90. The number of piperazine rings is 1. The maximum atomic E-state index is 12.3. The zero-order valence-electron chi connectivity index (χ0n) is 18.1. The third kappa shape index (κ3) is 4.99. The molecule has 0 aliphatic carbocycles. The van der Waals surface area contributed by atoms with Crippen LogP contribution in [0.5, 0.6) is 11.5 Å². The van der Waals surface area contributed by atoms with Crippen molar-refractivity contribution >= 4 is 22.8 Å². The van der Waals surface area contributed by atoms with E-state index in [1.54, 1.807) is 18.3 Å². The predicted molar refractivity (Wildman–Crippen MR) is 112 cm³/mol. The molecule has 1 saturated heterocycles. The lowest BCUT2D eigenvalue weighted by Crippen LogP contribution is -2.50. The number of aromatic nitrogens is 2. The molecule has 29 heavy (non-hydrogen) atoms. The topological polar surface area (TPSA) is 77.0 Å².